The largest absolute Gasteiger partial charge is 0.340 e. The summed E-state index contributed by atoms with van der Waals surface area (Å²) in [6.07, 6.45) is 3.11. The summed E-state index contributed by atoms with van der Waals surface area (Å²) in [4.78, 5) is 16.0. The number of halogens is 1. The molecule has 0 saturated heterocycles. The van der Waals surface area contributed by atoms with Crippen molar-refractivity contribution in [2.75, 3.05) is 0 Å². The maximum absolute atomic E-state index is 13.8. The van der Waals surface area contributed by atoms with E-state index in [1.807, 2.05) is 0 Å². The second kappa shape index (κ2) is 4.13. The summed E-state index contributed by atoms with van der Waals surface area (Å²) >= 11 is 0. The van der Waals surface area contributed by atoms with Crippen LogP contribution < -0.4 is 0 Å². The van der Waals surface area contributed by atoms with Crippen molar-refractivity contribution in [1.82, 2.24) is 9.55 Å². The zero-order valence-corrected chi connectivity index (χ0v) is 9.99. The van der Waals surface area contributed by atoms with Crippen LogP contribution in [-0.2, 0) is 7.05 Å². The average molecular weight is 232 g/mol. The number of benzene rings is 1. The number of aryl methyl sites for hydroxylation is 3. The smallest absolute Gasteiger partial charge is 0.216 e. The first-order valence-corrected chi connectivity index (χ1v) is 5.28. The summed E-state index contributed by atoms with van der Waals surface area (Å²) in [5, 5.41) is 0. The first-order valence-electron chi connectivity index (χ1n) is 5.28. The Morgan fingerprint density at radius 3 is 2.59 bits per heavy atom. The van der Waals surface area contributed by atoms with Crippen LogP contribution in [-0.4, -0.2) is 15.3 Å². The molecule has 88 valence electrons. The molecular weight excluding hydrogens is 219 g/mol. The van der Waals surface area contributed by atoms with Crippen molar-refractivity contribution in [3.05, 3.63) is 52.9 Å². The predicted molar refractivity (Wildman–Crippen MR) is 62.5 cm³/mol. The highest BCUT2D eigenvalue weighted by atomic mass is 19.1. The molecule has 1 heterocycles. The Morgan fingerprint density at radius 2 is 2.06 bits per heavy atom. The lowest BCUT2D eigenvalue weighted by atomic mass is 10.00. The van der Waals surface area contributed by atoms with Gasteiger partial charge in [0.05, 0.1) is 11.9 Å². The van der Waals surface area contributed by atoms with Crippen molar-refractivity contribution in [2.24, 2.45) is 7.05 Å². The molecule has 0 aliphatic carbocycles. The van der Waals surface area contributed by atoms with Crippen molar-refractivity contribution in [3.63, 3.8) is 0 Å². The van der Waals surface area contributed by atoms with Gasteiger partial charge in [-0.15, -0.1) is 0 Å². The summed E-state index contributed by atoms with van der Waals surface area (Å²) in [6.45, 7) is 3.53. The summed E-state index contributed by atoms with van der Waals surface area (Å²) in [5.74, 6) is -0.862. The van der Waals surface area contributed by atoms with Crippen LogP contribution >= 0.6 is 0 Å². The average Bonchev–Trinajstić information content (AvgIpc) is 2.63. The van der Waals surface area contributed by atoms with E-state index in [0.717, 1.165) is 5.56 Å². The van der Waals surface area contributed by atoms with E-state index < -0.39 is 5.82 Å². The number of aromatic nitrogens is 2. The first kappa shape index (κ1) is 11.5. The van der Waals surface area contributed by atoms with Gasteiger partial charge < -0.3 is 4.57 Å². The van der Waals surface area contributed by atoms with E-state index in [2.05, 4.69) is 4.98 Å². The topological polar surface area (TPSA) is 34.9 Å². The standard InChI is InChI=1S/C13H13FN2O/c1-8-4-9(2)12(10(14)5-8)13(17)11-6-16(3)7-15-11/h4-7H,1-3H3. The molecule has 0 spiro atoms. The van der Waals surface area contributed by atoms with Crippen LogP contribution in [0.15, 0.2) is 24.7 Å². The monoisotopic (exact) mass is 232 g/mol. The van der Waals surface area contributed by atoms with Crippen LogP contribution in [0, 0.1) is 19.7 Å². The van der Waals surface area contributed by atoms with E-state index in [1.165, 1.54) is 12.4 Å². The van der Waals surface area contributed by atoms with Crippen LogP contribution in [0.25, 0.3) is 0 Å². The third kappa shape index (κ3) is 2.11. The molecule has 0 radical (unpaired) electrons. The minimum atomic E-state index is -0.488. The molecule has 3 nitrogen and oxygen atoms in total. The minimum absolute atomic E-state index is 0.106. The van der Waals surface area contributed by atoms with E-state index >= 15 is 0 Å². The molecule has 0 amide bonds. The van der Waals surface area contributed by atoms with Gasteiger partial charge in [-0.05, 0) is 31.0 Å². The van der Waals surface area contributed by atoms with Gasteiger partial charge in [-0.2, -0.15) is 0 Å². The summed E-state index contributed by atoms with van der Waals surface area (Å²) in [6, 6.07) is 3.16. The van der Waals surface area contributed by atoms with Gasteiger partial charge in [0, 0.05) is 13.2 Å². The van der Waals surface area contributed by atoms with Crippen LogP contribution in [0.4, 0.5) is 4.39 Å². The first-order chi connectivity index (χ1) is 7.99. The van der Waals surface area contributed by atoms with E-state index in [-0.39, 0.29) is 17.0 Å². The predicted octanol–water partition coefficient (Wildman–Crippen LogP) is 2.41. The van der Waals surface area contributed by atoms with Crippen molar-refractivity contribution < 1.29 is 9.18 Å². The minimum Gasteiger partial charge on any atom is -0.340 e. The third-order valence-corrected chi connectivity index (χ3v) is 2.60. The molecule has 17 heavy (non-hydrogen) atoms. The van der Waals surface area contributed by atoms with Crippen LogP contribution in [0.5, 0.6) is 0 Å². The highest BCUT2D eigenvalue weighted by molar-refractivity contribution is 6.08. The molecule has 2 aromatic rings. The Bertz CT molecular complexity index is 564. The number of rotatable bonds is 2. The highest BCUT2D eigenvalue weighted by Crippen LogP contribution is 2.18. The van der Waals surface area contributed by atoms with Crippen molar-refractivity contribution >= 4 is 5.78 Å². The third-order valence-electron chi connectivity index (χ3n) is 2.60. The summed E-state index contributed by atoms with van der Waals surface area (Å²) in [5.41, 5.74) is 1.81. The molecule has 0 aliphatic heterocycles. The van der Waals surface area contributed by atoms with Gasteiger partial charge in [-0.1, -0.05) is 6.07 Å². The summed E-state index contributed by atoms with van der Waals surface area (Å²) < 4.78 is 15.5. The molecule has 4 heteroatoms. The highest BCUT2D eigenvalue weighted by Gasteiger charge is 2.18. The molecule has 0 atom stereocenters. The van der Waals surface area contributed by atoms with Crippen molar-refractivity contribution in [2.45, 2.75) is 13.8 Å². The maximum Gasteiger partial charge on any atom is 0.216 e. The second-order valence-corrected chi connectivity index (χ2v) is 4.19. The van der Waals surface area contributed by atoms with Gasteiger partial charge >= 0.3 is 0 Å². The molecule has 1 aromatic carbocycles. The number of carbonyl (C=O) groups excluding carboxylic acids is 1. The molecule has 2 rings (SSSR count). The number of hydrogen-bond acceptors (Lipinski definition) is 2. The van der Waals surface area contributed by atoms with Gasteiger partial charge in [0.2, 0.25) is 5.78 Å². The quantitative estimate of drug-likeness (QED) is 0.745. The Hall–Kier alpha value is -1.97. The number of nitrogens with zero attached hydrogens (tertiary/aromatic N) is 2. The Balaban J connectivity index is 2.51. The lowest BCUT2D eigenvalue weighted by molar-refractivity contribution is 0.103. The van der Waals surface area contributed by atoms with Gasteiger partial charge in [0.1, 0.15) is 11.5 Å². The normalized spacial score (nSPS) is 10.6. The Morgan fingerprint density at radius 1 is 1.35 bits per heavy atom. The van der Waals surface area contributed by atoms with Gasteiger partial charge in [0.15, 0.2) is 0 Å². The van der Waals surface area contributed by atoms with Crippen molar-refractivity contribution in [1.29, 1.82) is 0 Å². The molecule has 0 N–H and O–H groups in total. The Kier molecular flexibility index (Phi) is 2.79. The van der Waals surface area contributed by atoms with Gasteiger partial charge in [-0.3, -0.25) is 4.79 Å². The van der Waals surface area contributed by atoms with E-state index in [0.29, 0.717) is 5.56 Å². The molecule has 0 bridgehead atoms. The summed E-state index contributed by atoms with van der Waals surface area (Å²) in [7, 11) is 1.77. The van der Waals surface area contributed by atoms with Crippen LogP contribution in [0.2, 0.25) is 0 Å². The number of hydrogen-bond donors (Lipinski definition) is 0. The zero-order valence-electron chi connectivity index (χ0n) is 9.99. The van der Waals surface area contributed by atoms with Crippen molar-refractivity contribution in [3.8, 4) is 0 Å². The maximum atomic E-state index is 13.8. The zero-order chi connectivity index (χ0) is 12.6. The van der Waals surface area contributed by atoms with Crippen LogP contribution in [0.1, 0.15) is 27.2 Å². The Labute approximate surface area is 98.9 Å². The molecule has 0 aliphatic rings. The fourth-order valence-corrected chi connectivity index (χ4v) is 1.86. The SMILES string of the molecule is Cc1cc(C)c(C(=O)c2cn(C)cn2)c(F)c1. The lowest BCUT2D eigenvalue weighted by Gasteiger charge is -2.06. The van der Waals surface area contributed by atoms with Crippen LogP contribution in [0.3, 0.4) is 0 Å². The number of ketones is 1. The molecule has 0 unspecified atom stereocenters. The van der Waals surface area contributed by atoms with E-state index in [9.17, 15) is 9.18 Å². The van der Waals surface area contributed by atoms with Gasteiger partial charge in [-0.25, -0.2) is 9.37 Å². The number of carbonyl (C=O) groups is 1. The molecular formula is C13H13FN2O. The molecule has 1 aromatic heterocycles. The fraction of sp³-hybridized carbons (Fsp3) is 0.231. The van der Waals surface area contributed by atoms with Gasteiger partial charge in [0.25, 0.3) is 0 Å². The lowest BCUT2D eigenvalue weighted by Crippen LogP contribution is -2.07. The number of imidazole rings is 1. The van der Waals surface area contributed by atoms with E-state index in [4.69, 9.17) is 0 Å². The second-order valence-electron chi connectivity index (χ2n) is 4.19. The van der Waals surface area contributed by atoms with E-state index in [1.54, 1.807) is 37.7 Å². The fourth-order valence-electron chi connectivity index (χ4n) is 1.86. The molecule has 0 fully saturated rings. The molecule has 0 saturated carbocycles.